The van der Waals surface area contributed by atoms with Gasteiger partial charge in [0, 0.05) is 47.3 Å². The molecule has 0 saturated heterocycles. The molecule has 0 aliphatic carbocycles. The molecule has 0 bridgehead atoms. The number of ether oxygens (including phenoxy) is 1. The maximum absolute atomic E-state index is 14.6. The Labute approximate surface area is 243 Å². The van der Waals surface area contributed by atoms with Crippen molar-refractivity contribution in [1.29, 1.82) is 0 Å². The van der Waals surface area contributed by atoms with Gasteiger partial charge in [0.2, 0.25) is 5.91 Å². The van der Waals surface area contributed by atoms with Gasteiger partial charge in [-0.3, -0.25) is 9.78 Å². The average Bonchev–Trinajstić information content (AvgIpc) is 3.39. The van der Waals surface area contributed by atoms with E-state index in [9.17, 15) is 22.4 Å². The number of H-pyrrole nitrogens is 1. The number of aliphatic carboxylic acids is 1. The average molecular weight is 595 g/mol. The summed E-state index contributed by atoms with van der Waals surface area (Å²) in [5, 5.41) is 11.1. The molecule has 43 heavy (non-hydrogen) atoms. The lowest BCUT2D eigenvalue weighted by atomic mass is 10.0. The Morgan fingerprint density at radius 3 is 2.44 bits per heavy atom. The Kier molecular flexibility index (Phi) is 9.29. The monoisotopic (exact) mass is 594 g/mol. The molecule has 12 heteroatoms. The number of pyridine rings is 1. The normalized spacial score (nSPS) is 10.9. The molecule has 5 aromatic rings. The summed E-state index contributed by atoms with van der Waals surface area (Å²) < 4.78 is 51.4. The molecule has 2 aromatic heterocycles. The van der Waals surface area contributed by atoms with Crippen LogP contribution in [0.1, 0.15) is 5.56 Å². The SMILES string of the molecule is COc1ccc(-c2cc(NC(=O)Cc3c[nH]c4ccccc34)ccc2N(C)c2cccnc2)cc1F.O=C(O)C(F)(F)F. The number of alkyl halides is 3. The van der Waals surface area contributed by atoms with Crippen LogP contribution in [0.3, 0.4) is 0 Å². The number of nitrogens with one attached hydrogen (secondary N) is 2. The number of carbonyl (C=O) groups is 2. The van der Waals surface area contributed by atoms with Crippen LogP contribution >= 0.6 is 0 Å². The lowest BCUT2D eigenvalue weighted by Crippen LogP contribution is -2.21. The Bertz CT molecular complexity index is 1740. The van der Waals surface area contributed by atoms with Crippen molar-refractivity contribution in [3.05, 3.63) is 103 Å². The van der Waals surface area contributed by atoms with E-state index in [1.807, 2.05) is 72.7 Å². The number of nitrogens with zero attached hydrogens (tertiary/aromatic N) is 2. The van der Waals surface area contributed by atoms with Gasteiger partial charge in [0.25, 0.3) is 0 Å². The van der Waals surface area contributed by atoms with Gasteiger partial charge >= 0.3 is 12.1 Å². The van der Waals surface area contributed by atoms with Crippen LogP contribution in [0.4, 0.5) is 34.6 Å². The summed E-state index contributed by atoms with van der Waals surface area (Å²) >= 11 is 0. The lowest BCUT2D eigenvalue weighted by molar-refractivity contribution is -0.192. The molecule has 0 unspecified atom stereocenters. The Balaban J connectivity index is 0.000000541. The first kappa shape index (κ1) is 30.6. The molecule has 3 N–H and O–H groups in total. The highest BCUT2D eigenvalue weighted by Gasteiger charge is 2.38. The number of methoxy groups -OCH3 is 1. The van der Waals surface area contributed by atoms with E-state index < -0.39 is 18.0 Å². The van der Waals surface area contributed by atoms with Crippen LogP contribution in [-0.2, 0) is 16.0 Å². The van der Waals surface area contributed by atoms with E-state index in [-0.39, 0.29) is 18.1 Å². The number of aromatic nitrogens is 2. The Morgan fingerprint density at radius 1 is 1.05 bits per heavy atom. The van der Waals surface area contributed by atoms with Crippen LogP contribution in [-0.4, -0.2) is 47.3 Å². The Morgan fingerprint density at radius 2 is 1.79 bits per heavy atom. The number of para-hydroxylation sites is 1. The minimum Gasteiger partial charge on any atom is -0.494 e. The first-order chi connectivity index (χ1) is 20.5. The number of carboxylic acids is 1. The molecule has 3 aromatic carbocycles. The zero-order valence-electron chi connectivity index (χ0n) is 22.9. The van der Waals surface area contributed by atoms with Crippen LogP contribution in [0.5, 0.6) is 5.75 Å². The highest BCUT2D eigenvalue weighted by Crippen LogP contribution is 2.37. The number of benzene rings is 3. The van der Waals surface area contributed by atoms with Crippen LogP contribution in [0.25, 0.3) is 22.0 Å². The van der Waals surface area contributed by atoms with Gasteiger partial charge in [-0.2, -0.15) is 13.2 Å². The largest absolute Gasteiger partial charge is 0.494 e. The second-order valence-electron chi connectivity index (χ2n) is 9.24. The maximum Gasteiger partial charge on any atom is 0.490 e. The summed E-state index contributed by atoms with van der Waals surface area (Å²) in [7, 11) is 3.36. The topological polar surface area (TPSA) is 108 Å². The highest BCUT2D eigenvalue weighted by atomic mass is 19.4. The van der Waals surface area contributed by atoms with Gasteiger partial charge in [-0.15, -0.1) is 0 Å². The first-order valence-electron chi connectivity index (χ1n) is 12.7. The quantitative estimate of drug-likeness (QED) is 0.176. The van der Waals surface area contributed by atoms with Crippen molar-refractivity contribution in [3.8, 4) is 16.9 Å². The molecule has 0 aliphatic rings. The summed E-state index contributed by atoms with van der Waals surface area (Å²) in [5.74, 6) is -3.18. The number of amides is 1. The maximum atomic E-state index is 14.6. The van der Waals surface area contributed by atoms with Crippen molar-refractivity contribution >= 4 is 39.8 Å². The lowest BCUT2D eigenvalue weighted by Gasteiger charge is -2.23. The minimum absolute atomic E-state index is 0.139. The molecule has 1 amide bonds. The zero-order chi connectivity index (χ0) is 31.1. The summed E-state index contributed by atoms with van der Waals surface area (Å²) in [6, 6.07) is 22.1. The number of rotatable bonds is 7. The van der Waals surface area contributed by atoms with Gasteiger partial charge in [0.15, 0.2) is 11.6 Å². The third kappa shape index (κ3) is 7.47. The van der Waals surface area contributed by atoms with E-state index in [0.717, 1.165) is 33.4 Å². The van der Waals surface area contributed by atoms with Gasteiger partial charge in [0.05, 0.1) is 25.4 Å². The number of carboxylic acid groups (broad SMARTS) is 1. The van der Waals surface area contributed by atoms with Crippen molar-refractivity contribution in [3.63, 3.8) is 0 Å². The van der Waals surface area contributed by atoms with Crippen molar-refractivity contribution in [2.75, 3.05) is 24.4 Å². The molecule has 0 aliphatic heterocycles. The van der Waals surface area contributed by atoms with Crippen LogP contribution in [0.15, 0.2) is 91.4 Å². The van der Waals surface area contributed by atoms with E-state index in [1.54, 1.807) is 24.5 Å². The summed E-state index contributed by atoms with van der Waals surface area (Å²) in [6.45, 7) is 0. The molecule has 0 radical (unpaired) electrons. The van der Waals surface area contributed by atoms with Crippen molar-refractivity contribution in [2.24, 2.45) is 0 Å². The summed E-state index contributed by atoms with van der Waals surface area (Å²) in [6.07, 6.45) is 0.480. The molecular weight excluding hydrogens is 568 g/mol. The molecule has 0 fully saturated rings. The van der Waals surface area contributed by atoms with Crippen LogP contribution in [0, 0.1) is 5.82 Å². The number of anilines is 3. The first-order valence-corrected chi connectivity index (χ1v) is 12.7. The van der Waals surface area contributed by atoms with E-state index in [0.29, 0.717) is 11.3 Å². The van der Waals surface area contributed by atoms with Gasteiger partial charge in [0.1, 0.15) is 0 Å². The van der Waals surface area contributed by atoms with E-state index in [1.165, 1.54) is 13.2 Å². The molecule has 2 heterocycles. The van der Waals surface area contributed by atoms with Gasteiger partial charge in [-0.1, -0.05) is 24.3 Å². The number of hydrogen-bond acceptors (Lipinski definition) is 5. The fourth-order valence-electron chi connectivity index (χ4n) is 4.32. The van der Waals surface area contributed by atoms with Gasteiger partial charge in [-0.05, 0) is 59.7 Å². The van der Waals surface area contributed by atoms with E-state index in [2.05, 4.69) is 15.3 Å². The van der Waals surface area contributed by atoms with Crippen LogP contribution in [0.2, 0.25) is 0 Å². The number of hydrogen-bond donors (Lipinski definition) is 3. The molecule has 5 rings (SSSR count). The third-order valence-corrected chi connectivity index (χ3v) is 6.41. The minimum atomic E-state index is -5.08. The number of fused-ring (bicyclic) bond motifs is 1. The second kappa shape index (κ2) is 13.1. The molecule has 222 valence electrons. The van der Waals surface area contributed by atoms with E-state index in [4.69, 9.17) is 14.6 Å². The third-order valence-electron chi connectivity index (χ3n) is 6.41. The zero-order valence-corrected chi connectivity index (χ0v) is 22.9. The fraction of sp³-hybridized carbons (Fsp3) is 0.129. The highest BCUT2D eigenvalue weighted by molar-refractivity contribution is 5.97. The molecule has 0 saturated carbocycles. The number of halogens is 4. The van der Waals surface area contributed by atoms with Crippen molar-refractivity contribution in [2.45, 2.75) is 12.6 Å². The van der Waals surface area contributed by atoms with Gasteiger partial charge in [-0.25, -0.2) is 9.18 Å². The molecule has 8 nitrogen and oxygen atoms in total. The van der Waals surface area contributed by atoms with E-state index >= 15 is 0 Å². The summed E-state index contributed by atoms with van der Waals surface area (Å²) in [5.41, 5.74) is 5.67. The van der Waals surface area contributed by atoms with Gasteiger partial charge < -0.3 is 25.0 Å². The van der Waals surface area contributed by atoms with Crippen LogP contribution < -0.4 is 15.0 Å². The molecule has 0 spiro atoms. The molecule has 0 atom stereocenters. The van der Waals surface area contributed by atoms with Crippen molar-refractivity contribution in [1.82, 2.24) is 9.97 Å². The second-order valence-corrected chi connectivity index (χ2v) is 9.24. The standard InChI is InChI=1S/C29H25FN4O2.C2HF3O2/c1-34(22-6-5-13-31-18-22)27-11-10-21(16-24(27)19-9-12-28(36-2)25(30)14-19)33-29(35)15-20-17-32-26-8-4-3-7-23(20)26;3-2(4,5)1(6)7/h3-14,16-18,32H,15H2,1-2H3,(H,33,35);(H,6,7). The summed E-state index contributed by atoms with van der Waals surface area (Å²) in [4.78, 5) is 31.2. The fourth-order valence-corrected chi connectivity index (χ4v) is 4.32. The number of aromatic amines is 1. The Hall–Kier alpha value is -5.39. The number of carbonyl (C=O) groups excluding carboxylic acids is 1. The van der Waals surface area contributed by atoms with Crippen molar-refractivity contribution < 1.29 is 37.0 Å². The smallest absolute Gasteiger partial charge is 0.490 e. The predicted octanol–water partition coefficient (Wildman–Crippen LogP) is 6.96. The predicted molar refractivity (Wildman–Crippen MR) is 155 cm³/mol. The molecular formula is C31H26F4N4O4.